The molecule has 1 heterocycles. The molecule has 0 aliphatic heterocycles. The van der Waals surface area contributed by atoms with Gasteiger partial charge in [0.05, 0.1) is 22.4 Å². The highest BCUT2D eigenvalue weighted by atomic mass is 35.5. The summed E-state index contributed by atoms with van der Waals surface area (Å²) in [6, 6.07) is 7.47. The number of nitrogens with one attached hydrogen (secondary N) is 1. The number of fused-ring (bicyclic) bond motifs is 1. The molecule has 18 heavy (non-hydrogen) atoms. The Morgan fingerprint density at radius 3 is 3.00 bits per heavy atom. The molecule has 0 amide bonds. The van der Waals surface area contributed by atoms with Crippen LogP contribution in [-0.2, 0) is 0 Å². The van der Waals surface area contributed by atoms with Gasteiger partial charge in [0.1, 0.15) is 0 Å². The largest absolute Gasteiger partial charge is 0.349 e. The molecule has 0 atom stereocenters. The van der Waals surface area contributed by atoms with Crippen molar-refractivity contribution in [3.63, 3.8) is 0 Å². The molecule has 0 saturated carbocycles. The summed E-state index contributed by atoms with van der Waals surface area (Å²) in [5.41, 5.74) is 1.52. The van der Waals surface area contributed by atoms with Crippen molar-refractivity contribution in [2.45, 2.75) is 18.4 Å². The Bertz CT molecular complexity index is 642. The number of Topliss-reactive ketones (excluding diaryl/α,β-unsaturated/α-hetero) is 1. The third-order valence-electron chi connectivity index (χ3n) is 2.61. The quantitative estimate of drug-likeness (QED) is 0.678. The first-order valence-electron chi connectivity index (χ1n) is 5.51. The predicted octanol–water partition coefficient (Wildman–Crippen LogP) is 4.03. The van der Waals surface area contributed by atoms with E-state index in [0.29, 0.717) is 22.8 Å². The fraction of sp³-hybridized carbons (Fsp3) is 0.231. The zero-order valence-electron chi connectivity index (χ0n) is 9.79. The standard InChI is InChI=1S/C13H11ClN2OS/c1-2-11(17)12-9-7-8(14)3-4-10(9)16-13(12)18-6-5-15/h3-4,7,16H,2,6H2,1H3. The minimum Gasteiger partial charge on any atom is -0.349 e. The first kappa shape index (κ1) is 13.0. The van der Waals surface area contributed by atoms with Crippen LogP contribution < -0.4 is 0 Å². The Morgan fingerprint density at radius 2 is 2.33 bits per heavy atom. The number of halogens is 1. The van der Waals surface area contributed by atoms with Crippen LogP contribution in [0.2, 0.25) is 5.02 Å². The summed E-state index contributed by atoms with van der Waals surface area (Å²) >= 11 is 7.31. The second-order valence-electron chi connectivity index (χ2n) is 3.74. The van der Waals surface area contributed by atoms with Crippen LogP contribution in [0.25, 0.3) is 10.9 Å². The Labute approximate surface area is 114 Å². The molecule has 0 radical (unpaired) electrons. The van der Waals surface area contributed by atoms with Crippen molar-refractivity contribution in [2.75, 3.05) is 5.75 Å². The van der Waals surface area contributed by atoms with E-state index in [2.05, 4.69) is 11.1 Å². The highest BCUT2D eigenvalue weighted by molar-refractivity contribution is 7.99. The van der Waals surface area contributed by atoms with Crippen molar-refractivity contribution < 1.29 is 4.79 Å². The lowest BCUT2D eigenvalue weighted by Gasteiger charge is -2.00. The third kappa shape index (κ3) is 2.38. The van der Waals surface area contributed by atoms with Gasteiger partial charge in [-0.3, -0.25) is 4.79 Å². The van der Waals surface area contributed by atoms with Crippen LogP contribution in [0.3, 0.4) is 0 Å². The Morgan fingerprint density at radius 1 is 1.56 bits per heavy atom. The Balaban J connectivity index is 2.62. The second-order valence-corrected chi connectivity index (χ2v) is 5.16. The first-order valence-corrected chi connectivity index (χ1v) is 6.88. The predicted molar refractivity (Wildman–Crippen MR) is 74.3 cm³/mol. The average Bonchev–Trinajstić information content (AvgIpc) is 2.73. The van der Waals surface area contributed by atoms with Crippen molar-refractivity contribution in [2.24, 2.45) is 0 Å². The highest BCUT2D eigenvalue weighted by Gasteiger charge is 2.17. The average molecular weight is 279 g/mol. The number of thioether (sulfide) groups is 1. The molecule has 1 N–H and O–H groups in total. The lowest BCUT2D eigenvalue weighted by molar-refractivity contribution is 0.0987. The monoisotopic (exact) mass is 278 g/mol. The van der Waals surface area contributed by atoms with E-state index in [-0.39, 0.29) is 5.78 Å². The fourth-order valence-corrected chi connectivity index (χ4v) is 2.74. The van der Waals surface area contributed by atoms with E-state index in [9.17, 15) is 4.79 Å². The molecule has 0 unspecified atom stereocenters. The maximum Gasteiger partial charge on any atom is 0.165 e. The van der Waals surface area contributed by atoms with Gasteiger partial charge in [0.2, 0.25) is 0 Å². The summed E-state index contributed by atoms with van der Waals surface area (Å²) in [6.07, 6.45) is 0.430. The van der Waals surface area contributed by atoms with Crippen molar-refractivity contribution >= 4 is 40.0 Å². The summed E-state index contributed by atoms with van der Waals surface area (Å²) in [5.74, 6) is 0.369. The number of hydrogen-bond acceptors (Lipinski definition) is 3. The van der Waals surface area contributed by atoms with Crippen molar-refractivity contribution in [1.82, 2.24) is 4.98 Å². The number of benzene rings is 1. The lowest BCUT2D eigenvalue weighted by atomic mass is 10.1. The van der Waals surface area contributed by atoms with Crippen LogP contribution >= 0.6 is 23.4 Å². The van der Waals surface area contributed by atoms with E-state index < -0.39 is 0 Å². The van der Waals surface area contributed by atoms with Gasteiger partial charge in [-0.05, 0) is 18.2 Å². The Hall–Kier alpha value is -1.44. The number of nitrogens with zero attached hydrogens (tertiary/aromatic N) is 1. The minimum absolute atomic E-state index is 0.0592. The molecule has 0 aliphatic rings. The number of rotatable bonds is 4. The molecule has 1 aromatic carbocycles. The lowest BCUT2D eigenvalue weighted by Crippen LogP contribution is -1.97. The second kappa shape index (κ2) is 5.47. The topological polar surface area (TPSA) is 56.6 Å². The van der Waals surface area contributed by atoms with Crippen LogP contribution in [0.4, 0.5) is 0 Å². The van der Waals surface area contributed by atoms with Crippen LogP contribution in [-0.4, -0.2) is 16.5 Å². The molecule has 92 valence electrons. The van der Waals surface area contributed by atoms with Crippen LogP contribution in [0, 0.1) is 11.3 Å². The Kier molecular flexibility index (Phi) is 3.95. The zero-order valence-corrected chi connectivity index (χ0v) is 11.4. The molecule has 3 nitrogen and oxygen atoms in total. The molecule has 1 aromatic heterocycles. The number of aromatic amines is 1. The minimum atomic E-state index is 0.0592. The molecule has 0 bridgehead atoms. The van der Waals surface area contributed by atoms with Crippen LogP contribution in [0.1, 0.15) is 23.7 Å². The van der Waals surface area contributed by atoms with Gasteiger partial charge < -0.3 is 4.98 Å². The van der Waals surface area contributed by atoms with Gasteiger partial charge >= 0.3 is 0 Å². The van der Waals surface area contributed by atoms with E-state index in [1.54, 1.807) is 12.1 Å². The zero-order chi connectivity index (χ0) is 13.1. The van der Waals surface area contributed by atoms with Crippen molar-refractivity contribution in [3.05, 3.63) is 28.8 Å². The first-order chi connectivity index (χ1) is 8.67. The van der Waals surface area contributed by atoms with Crippen LogP contribution in [0.5, 0.6) is 0 Å². The fourth-order valence-electron chi connectivity index (χ4n) is 1.81. The summed E-state index contributed by atoms with van der Waals surface area (Å²) in [7, 11) is 0. The van der Waals surface area contributed by atoms with Gasteiger partial charge in [-0.15, -0.1) is 0 Å². The van der Waals surface area contributed by atoms with Gasteiger partial charge in [-0.25, -0.2) is 0 Å². The van der Waals surface area contributed by atoms with E-state index in [1.807, 2.05) is 13.0 Å². The summed E-state index contributed by atoms with van der Waals surface area (Å²) < 4.78 is 0. The van der Waals surface area contributed by atoms with Crippen molar-refractivity contribution in [3.8, 4) is 6.07 Å². The maximum absolute atomic E-state index is 12.0. The number of H-pyrrole nitrogens is 1. The molecule has 2 rings (SSSR count). The molecule has 5 heteroatoms. The van der Waals surface area contributed by atoms with Gasteiger partial charge in [0.15, 0.2) is 5.78 Å². The van der Waals surface area contributed by atoms with E-state index in [1.165, 1.54) is 11.8 Å². The van der Waals surface area contributed by atoms with E-state index >= 15 is 0 Å². The van der Waals surface area contributed by atoms with E-state index in [4.69, 9.17) is 16.9 Å². The number of hydrogen-bond donors (Lipinski definition) is 1. The molecular formula is C13H11ClN2OS. The molecule has 0 aliphatic carbocycles. The van der Waals surface area contributed by atoms with Crippen LogP contribution in [0.15, 0.2) is 23.2 Å². The molecule has 0 fully saturated rings. The third-order valence-corrected chi connectivity index (χ3v) is 3.71. The van der Waals surface area contributed by atoms with E-state index in [0.717, 1.165) is 15.9 Å². The van der Waals surface area contributed by atoms with Gasteiger partial charge in [0.25, 0.3) is 0 Å². The SMILES string of the molecule is CCC(=O)c1c(SCC#N)[nH]c2ccc(Cl)cc12. The molecule has 0 saturated heterocycles. The smallest absolute Gasteiger partial charge is 0.165 e. The normalized spacial score (nSPS) is 10.5. The number of aromatic nitrogens is 1. The number of carbonyl (C=O) groups excluding carboxylic acids is 1. The number of nitriles is 1. The molecule has 2 aromatic rings. The van der Waals surface area contributed by atoms with Crippen molar-refractivity contribution in [1.29, 1.82) is 5.26 Å². The van der Waals surface area contributed by atoms with Gasteiger partial charge in [-0.1, -0.05) is 30.3 Å². The van der Waals surface area contributed by atoms with Gasteiger partial charge in [0, 0.05) is 22.3 Å². The summed E-state index contributed by atoms with van der Waals surface area (Å²) in [4.78, 5) is 15.2. The molecular weight excluding hydrogens is 268 g/mol. The summed E-state index contributed by atoms with van der Waals surface area (Å²) in [6.45, 7) is 1.82. The highest BCUT2D eigenvalue weighted by Crippen LogP contribution is 2.32. The van der Waals surface area contributed by atoms with Gasteiger partial charge in [-0.2, -0.15) is 5.26 Å². The maximum atomic E-state index is 12.0. The molecule has 0 spiro atoms. The summed E-state index contributed by atoms with van der Waals surface area (Å²) in [5, 5.41) is 10.8. The number of carbonyl (C=O) groups is 1. The number of ketones is 1.